The summed E-state index contributed by atoms with van der Waals surface area (Å²) in [5, 5.41) is 10.5. The van der Waals surface area contributed by atoms with Crippen molar-refractivity contribution in [1.82, 2.24) is 10.2 Å². The van der Waals surface area contributed by atoms with Crippen molar-refractivity contribution in [3.05, 3.63) is 48.2 Å². The summed E-state index contributed by atoms with van der Waals surface area (Å²) in [5.41, 5.74) is 0.538. The number of benzene rings is 1. The number of Topliss-reactive ketones (excluding diaryl/α,β-unsaturated/α-hetero) is 1. The second kappa shape index (κ2) is 9.90. The van der Waals surface area contributed by atoms with Gasteiger partial charge in [0.25, 0.3) is 0 Å². The van der Waals surface area contributed by atoms with Gasteiger partial charge in [0.2, 0.25) is 0 Å². The van der Waals surface area contributed by atoms with Gasteiger partial charge in [0.1, 0.15) is 11.6 Å². The molecule has 1 unspecified atom stereocenters. The lowest BCUT2D eigenvalue weighted by Crippen LogP contribution is -2.45. The maximum atomic E-state index is 13.0. The molecule has 0 aliphatic rings. The van der Waals surface area contributed by atoms with Crippen LogP contribution in [0.4, 0.5) is 4.79 Å². The van der Waals surface area contributed by atoms with E-state index in [-0.39, 0.29) is 18.4 Å². The monoisotopic (exact) mass is 373 g/mol. The third-order valence-corrected chi connectivity index (χ3v) is 3.63. The molecule has 0 aromatic heterocycles. The third-order valence-electron chi connectivity index (χ3n) is 3.63. The number of hydrogen-bond donors (Lipinski definition) is 2. The summed E-state index contributed by atoms with van der Waals surface area (Å²) in [4.78, 5) is 26.9. The summed E-state index contributed by atoms with van der Waals surface area (Å²) in [7, 11) is 0. The van der Waals surface area contributed by atoms with Crippen LogP contribution < -0.4 is 5.32 Å². The van der Waals surface area contributed by atoms with Crippen molar-refractivity contribution in [1.29, 1.82) is 5.41 Å². The van der Waals surface area contributed by atoms with Gasteiger partial charge in [-0.3, -0.25) is 9.69 Å². The lowest BCUT2D eigenvalue weighted by molar-refractivity contribution is -0.122. The predicted molar refractivity (Wildman–Crippen MR) is 108 cm³/mol. The van der Waals surface area contributed by atoms with E-state index in [1.807, 2.05) is 44.2 Å². The van der Waals surface area contributed by atoms with Gasteiger partial charge in [0.15, 0.2) is 5.78 Å². The molecule has 0 heterocycles. The first-order valence-corrected chi connectivity index (χ1v) is 9.06. The summed E-state index contributed by atoms with van der Waals surface area (Å²) < 4.78 is 5.43. The van der Waals surface area contributed by atoms with Gasteiger partial charge in [0.05, 0.1) is 6.54 Å². The molecular weight excluding hydrogens is 342 g/mol. The first-order valence-electron chi connectivity index (χ1n) is 9.06. The van der Waals surface area contributed by atoms with E-state index >= 15 is 0 Å². The molecule has 0 bridgehead atoms. The smallest absolute Gasteiger partial charge is 0.410 e. The van der Waals surface area contributed by atoms with Gasteiger partial charge in [-0.2, -0.15) is 0 Å². The average Bonchev–Trinajstić information content (AvgIpc) is 2.55. The topological polar surface area (TPSA) is 82.5 Å². The standard InChI is InChI=1S/C21H31N3O3/c1-15(2)24(20(26)27-21(4,5)6)14-18(25)19(23-13-12-16(3)22)17-10-8-7-9-11-17/h7-13,15,19,22-23H,14H2,1-6H3/b13-12-,22-16?. The predicted octanol–water partition coefficient (Wildman–Crippen LogP) is 4.09. The van der Waals surface area contributed by atoms with E-state index in [9.17, 15) is 9.59 Å². The number of hydrogen-bond acceptors (Lipinski definition) is 5. The van der Waals surface area contributed by atoms with Crippen LogP contribution in [0, 0.1) is 5.41 Å². The van der Waals surface area contributed by atoms with E-state index in [1.54, 1.807) is 40.0 Å². The molecule has 0 aliphatic heterocycles. The van der Waals surface area contributed by atoms with Crippen LogP contribution in [-0.4, -0.2) is 40.7 Å². The van der Waals surface area contributed by atoms with E-state index in [4.69, 9.17) is 10.1 Å². The van der Waals surface area contributed by atoms with Gasteiger partial charge < -0.3 is 15.5 Å². The Morgan fingerprint density at radius 1 is 1.22 bits per heavy atom. The number of allylic oxidation sites excluding steroid dienone is 1. The van der Waals surface area contributed by atoms with Crippen molar-refractivity contribution in [3.63, 3.8) is 0 Å². The van der Waals surface area contributed by atoms with Crippen LogP contribution in [0.15, 0.2) is 42.6 Å². The molecule has 2 N–H and O–H groups in total. The molecule has 0 radical (unpaired) electrons. The molecule has 1 aromatic carbocycles. The molecule has 1 aromatic rings. The fourth-order valence-electron chi connectivity index (χ4n) is 2.33. The SMILES string of the molecule is CC(=N)/C=C\NC(C(=O)CN(C(=O)OC(C)(C)C)C(C)C)c1ccccc1. The second-order valence-electron chi connectivity index (χ2n) is 7.70. The summed E-state index contributed by atoms with van der Waals surface area (Å²) in [6.07, 6.45) is 2.66. The van der Waals surface area contributed by atoms with Crippen molar-refractivity contribution in [2.24, 2.45) is 0 Å². The van der Waals surface area contributed by atoms with Gasteiger partial charge in [-0.05, 0) is 59.4 Å². The van der Waals surface area contributed by atoms with Crippen molar-refractivity contribution < 1.29 is 14.3 Å². The summed E-state index contributed by atoms with van der Waals surface area (Å²) in [6.45, 7) is 10.7. The number of nitrogens with one attached hydrogen (secondary N) is 2. The molecule has 0 aliphatic carbocycles. The van der Waals surface area contributed by atoms with E-state index in [2.05, 4.69) is 5.32 Å². The van der Waals surface area contributed by atoms with Crippen LogP contribution in [0.5, 0.6) is 0 Å². The Bertz CT molecular complexity index is 676. The molecule has 6 heteroatoms. The highest BCUT2D eigenvalue weighted by molar-refractivity contribution is 5.91. The zero-order valence-corrected chi connectivity index (χ0v) is 17.1. The number of rotatable bonds is 8. The van der Waals surface area contributed by atoms with Gasteiger partial charge in [-0.15, -0.1) is 0 Å². The zero-order valence-electron chi connectivity index (χ0n) is 17.1. The van der Waals surface area contributed by atoms with Gasteiger partial charge >= 0.3 is 6.09 Å². The Hall–Kier alpha value is -2.63. The summed E-state index contributed by atoms with van der Waals surface area (Å²) in [6, 6.07) is 8.50. The fourth-order valence-corrected chi connectivity index (χ4v) is 2.33. The minimum Gasteiger partial charge on any atom is -0.444 e. The highest BCUT2D eigenvalue weighted by Crippen LogP contribution is 2.17. The number of amides is 1. The van der Waals surface area contributed by atoms with E-state index < -0.39 is 17.7 Å². The number of ether oxygens (including phenoxy) is 1. The van der Waals surface area contributed by atoms with Crippen molar-refractivity contribution in [2.45, 2.75) is 59.2 Å². The third kappa shape index (κ3) is 8.07. The maximum Gasteiger partial charge on any atom is 0.410 e. The van der Waals surface area contributed by atoms with Crippen molar-refractivity contribution >= 4 is 17.6 Å². The number of carbonyl (C=O) groups is 2. The molecule has 148 valence electrons. The number of carbonyl (C=O) groups excluding carboxylic acids is 2. The minimum atomic E-state index is -0.630. The summed E-state index contributed by atoms with van der Waals surface area (Å²) in [5.74, 6) is -0.159. The Kier molecular flexibility index (Phi) is 8.22. The van der Waals surface area contributed by atoms with Crippen LogP contribution in [0.1, 0.15) is 53.1 Å². The van der Waals surface area contributed by atoms with Crippen molar-refractivity contribution in [2.75, 3.05) is 6.54 Å². The maximum absolute atomic E-state index is 13.0. The molecule has 6 nitrogen and oxygen atoms in total. The van der Waals surface area contributed by atoms with Gasteiger partial charge in [-0.25, -0.2) is 4.79 Å². The van der Waals surface area contributed by atoms with Crippen LogP contribution in [0.3, 0.4) is 0 Å². The number of nitrogens with zero attached hydrogens (tertiary/aromatic N) is 1. The molecule has 1 amide bonds. The largest absolute Gasteiger partial charge is 0.444 e. The second-order valence-corrected chi connectivity index (χ2v) is 7.70. The Morgan fingerprint density at radius 3 is 2.30 bits per heavy atom. The lowest BCUT2D eigenvalue weighted by Gasteiger charge is -2.30. The van der Waals surface area contributed by atoms with E-state index in [1.165, 1.54) is 4.90 Å². The van der Waals surface area contributed by atoms with Crippen LogP contribution in [0.2, 0.25) is 0 Å². The molecule has 1 atom stereocenters. The van der Waals surface area contributed by atoms with Crippen LogP contribution in [0.25, 0.3) is 0 Å². The van der Waals surface area contributed by atoms with Gasteiger partial charge in [-0.1, -0.05) is 30.3 Å². The van der Waals surface area contributed by atoms with Crippen LogP contribution in [-0.2, 0) is 9.53 Å². The van der Waals surface area contributed by atoms with E-state index in [0.717, 1.165) is 5.56 Å². The van der Waals surface area contributed by atoms with E-state index in [0.29, 0.717) is 5.71 Å². The van der Waals surface area contributed by atoms with Crippen LogP contribution >= 0.6 is 0 Å². The molecule has 0 saturated carbocycles. The molecular formula is C21H31N3O3. The highest BCUT2D eigenvalue weighted by Gasteiger charge is 2.29. The Morgan fingerprint density at radius 2 is 1.81 bits per heavy atom. The molecule has 0 saturated heterocycles. The first-order chi connectivity index (χ1) is 12.5. The lowest BCUT2D eigenvalue weighted by atomic mass is 10.0. The number of ketones is 1. The first kappa shape index (κ1) is 22.4. The van der Waals surface area contributed by atoms with Gasteiger partial charge in [0, 0.05) is 11.8 Å². The summed E-state index contributed by atoms with van der Waals surface area (Å²) >= 11 is 0. The normalized spacial score (nSPS) is 12.7. The Labute approximate surface area is 162 Å². The fraction of sp³-hybridized carbons (Fsp3) is 0.476. The molecule has 1 rings (SSSR count). The molecule has 0 spiro atoms. The highest BCUT2D eigenvalue weighted by atomic mass is 16.6. The quantitative estimate of drug-likeness (QED) is 0.673. The molecule has 27 heavy (non-hydrogen) atoms. The molecule has 0 fully saturated rings. The van der Waals surface area contributed by atoms with Crippen molar-refractivity contribution in [3.8, 4) is 0 Å². The zero-order chi connectivity index (χ0) is 20.6. The average molecular weight is 373 g/mol. The Balaban J connectivity index is 3.01. The minimum absolute atomic E-state index is 0.0729.